The second-order valence-electron chi connectivity index (χ2n) is 4.40. The number of carboxylic acid groups (broad SMARTS) is 1. The lowest BCUT2D eigenvalue weighted by molar-refractivity contribution is 0.0695. The Morgan fingerprint density at radius 2 is 1.90 bits per heavy atom. The maximum absolute atomic E-state index is 12.1. The van der Waals surface area contributed by atoms with Crippen molar-refractivity contribution in [3.63, 3.8) is 0 Å². The van der Waals surface area contributed by atoms with Gasteiger partial charge in [0.2, 0.25) is 0 Å². The Hall–Kier alpha value is -2.53. The summed E-state index contributed by atoms with van der Waals surface area (Å²) in [5.74, 6) is -1.61. The number of hydrogen-bond acceptors (Lipinski definition) is 3. The SMILES string of the molecule is Cc1c(NC(=O)c2ccc(O)c(Cl)c2)cccc1C(=O)O. The Bertz CT molecular complexity index is 728. The average molecular weight is 306 g/mol. The van der Waals surface area contributed by atoms with E-state index in [-0.39, 0.29) is 21.9 Å². The Kier molecular flexibility index (Phi) is 4.14. The number of carboxylic acids is 1. The average Bonchev–Trinajstić information content (AvgIpc) is 2.43. The number of carbonyl (C=O) groups excluding carboxylic acids is 1. The normalized spacial score (nSPS) is 10.2. The highest BCUT2D eigenvalue weighted by Gasteiger charge is 2.13. The van der Waals surface area contributed by atoms with Gasteiger partial charge in [-0.1, -0.05) is 17.7 Å². The van der Waals surface area contributed by atoms with E-state index in [1.54, 1.807) is 19.1 Å². The fraction of sp³-hybridized carbons (Fsp3) is 0.0667. The molecule has 2 aromatic carbocycles. The van der Waals surface area contributed by atoms with Crippen LogP contribution in [0.5, 0.6) is 5.75 Å². The van der Waals surface area contributed by atoms with Gasteiger partial charge in [0.15, 0.2) is 0 Å². The minimum absolute atomic E-state index is 0.0682. The van der Waals surface area contributed by atoms with Gasteiger partial charge in [0.05, 0.1) is 10.6 Å². The number of aromatic hydroxyl groups is 1. The van der Waals surface area contributed by atoms with Gasteiger partial charge in [0.25, 0.3) is 5.91 Å². The van der Waals surface area contributed by atoms with Crippen molar-refractivity contribution in [1.29, 1.82) is 0 Å². The van der Waals surface area contributed by atoms with Crippen molar-refractivity contribution in [2.75, 3.05) is 5.32 Å². The molecule has 5 nitrogen and oxygen atoms in total. The third kappa shape index (κ3) is 3.14. The quantitative estimate of drug-likeness (QED) is 0.812. The van der Waals surface area contributed by atoms with Gasteiger partial charge in [0, 0.05) is 11.3 Å². The molecule has 2 rings (SSSR count). The molecule has 0 atom stereocenters. The van der Waals surface area contributed by atoms with Crippen molar-refractivity contribution < 1.29 is 19.8 Å². The Labute approximate surface area is 125 Å². The van der Waals surface area contributed by atoms with Crippen LogP contribution in [0.25, 0.3) is 0 Å². The first-order valence-electron chi connectivity index (χ1n) is 6.03. The molecule has 0 aliphatic rings. The van der Waals surface area contributed by atoms with Crippen molar-refractivity contribution >= 4 is 29.2 Å². The summed E-state index contributed by atoms with van der Waals surface area (Å²) in [5, 5.41) is 21.1. The Morgan fingerprint density at radius 3 is 2.52 bits per heavy atom. The van der Waals surface area contributed by atoms with Crippen LogP contribution >= 0.6 is 11.6 Å². The number of hydrogen-bond donors (Lipinski definition) is 3. The first-order chi connectivity index (χ1) is 9.90. The van der Waals surface area contributed by atoms with E-state index in [1.165, 1.54) is 24.3 Å². The van der Waals surface area contributed by atoms with Crippen LogP contribution in [-0.4, -0.2) is 22.1 Å². The van der Waals surface area contributed by atoms with Crippen LogP contribution in [0.15, 0.2) is 36.4 Å². The van der Waals surface area contributed by atoms with Gasteiger partial charge in [-0.15, -0.1) is 0 Å². The molecule has 0 aliphatic heterocycles. The van der Waals surface area contributed by atoms with Crippen LogP contribution in [0.1, 0.15) is 26.3 Å². The van der Waals surface area contributed by atoms with Crippen LogP contribution in [0, 0.1) is 6.92 Å². The fourth-order valence-corrected chi connectivity index (χ4v) is 2.03. The molecule has 0 saturated heterocycles. The highest BCUT2D eigenvalue weighted by Crippen LogP contribution is 2.25. The number of rotatable bonds is 3. The molecule has 0 bridgehead atoms. The molecule has 0 heterocycles. The zero-order chi connectivity index (χ0) is 15.6. The zero-order valence-electron chi connectivity index (χ0n) is 11.1. The summed E-state index contributed by atoms with van der Waals surface area (Å²) in [5.41, 5.74) is 1.25. The number of phenolic OH excluding ortho intramolecular Hbond substituents is 1. The van der Waals surface area contributed by atoms with E-state index in [9.17, 15) is 14.7 Å². The molecule has 0 aromatic heterocycles. The van der Waals surface area contributed by atoms with E-state index in [1.807, 2.05) is 0 Å². The van der Waals surface area contributed by atoms with Crippen LogP contribution in [0.4, 0.5) is 5.69 Å². The van der Waals surface area contributed by atoms with Gasteiger partial charge in [-0.25, -0.2) is 4.79 Å². The Morgan fingerprint density at radius 1 is 1.19 bits per heavy atom. The van der Waals surface area contributed by atoms with E-state index in [2.05, 4.69) is 5.32 Å². The van der Waals surface area contributed by atoms with Gasteiger partial charge >= 0.3 is 5.97 Å². The lowest BCUT2D eigenvalue weighted by atomic mass is 10.1. The van der Waals surface area contributed by atoms with Gasteiger partial charge in [-0.05, 0) is 42.8 Å². The van der Waals surface area contributed by atoms with E-state index >= 15 is 0 Å². The standard InChI is InChI=1S/C15H12ClNO4/c1-8-10(15(20)21)3-2-4-12(8)17-14(19)9-5-6-13(18)11(16)7-9/h2-7,18H,1H3,(H,17,19)(H,20,21). The molecular weight excluding hydrogens is 294 g/mol. The molecule has 3 N–H and O–H groups in total. The predicted molar refractivity (Wildman–Crippen MR) is 79.2 cm³/mol. The first kappa shape index (κ1) is 14.9. The molecule has 2 aromatic rings. The molecule has 0 saturated carbocycles. The monoisotopic (exact) mass is 305 g/mol. The van der Waals surface area contributed by atoms with Crippen LogP contribution in [0.3, 0.4) is 0 Å². The maximum atomic E-state index is 12.1. The molecule has 0 fully saturated rings. The number of carbonyl (C=O) groups is 2. The number of amides is 1. The van der Waals surface area contributed by atoms with E-state index in [0.29, 0.717) is 11.3 Å². The number of benzene rings is 2. The molecule has 108 valence electrons. The van der Waals surface area contributed by atoms with Gasteiger partial charge < -0.3 is 15.5 Å². The van der Waals surface area contributed by atoms with Gasteiger partial charge in [-0.2, -0.15) is 0 Å². The van der Waals surface area contributed by atoms with Crippen molar-refractivity contribution in [3.05, 3.63) is 58.1 Å². The second-order valence-corrected chi connectivity index (χ2v) is 4.81. The summed E-state index contributed by atoms with van der Waals surface area (Å²) in [7, 11) is 0. The van der Waals surface area contributed by atoms with Gasteiger partial charge in [0.1, 0.15) is 5.75 Å². The number of aromatic carboxylic acids is 1. The summed E-state index contributed by atoms with van der Waals surface area (Å²) >= 11 is 5.75. The lowest BCUT2D eigenvalue weighted by Gasteiger charge is -2.10. The summed E-state index contributed by atoms with van der Waals surface area (Å²) < 4.78 is 0. The van der Waals surface area contributed by atoms with E-state index in [0.717, 1.165) is 0 Å². The maximum Gasteiger partial charge on any atom is 0.336 e. The highest BCUT2D eigenvalue weighted by molar-refractivity contribution is 6.32. The summed E-state index contributed by atoms with van der Waals surface area (Å²) in [6.07, 6.45) is 0. The lowest BCUT2D eigenvalue weighted by Crippen LogP contribution is -2.14. The molecular formula is C15H12ClNO4. The summed E-state index contributed by atoms with van der Waals surface area (Å²) in [6.45, 7) is 1.61. The molecule has 1 amide bonds. The van der Waals surface area contributed by atoms with E-state index < -0.39 is 11.9 Å². The van der Waals surface area contributed by atoms with Crippen LogP contribution in [-0.2, 0) is 0 Å². The first-order valence-corrected chi connectivity index (χ1v) is 6.40. The summed E-state index contributed by atoms with van der Waals surface area (Å²) in [4.78, 5) is 23.2. The molecule has 6 heteroatoms. The van der Waals surface area contributed by atoms with Gasteiger partial charge in [-0.3, -0.25) is 4.79 Å². The van der Waals surface area contributed by atoms with Crippen LogP contribution < -0.4 is 5.32 Å². The number of halogens is 1. The molecule has 0 radical (unpaired) electrons. The minimum Gasteiger partial charge on any atom is -0.506 e. The fourth-order valence-electron chi connectivity index (χ4n) is 1.85. The van der Waals surface area contributed by atoms with Crippen molar-refractivity contribution in [2.45, 2.75) is 6.92 Å². The highest BCUT2D eigenvalue weighted by atomic mass is 35.5. The number of nitrogens with one attached hydrogen (secondary N) is 1. The third-order valence-electron chi connectivity index (χ3n) is 3.02. The molecule has 0 spiro atoms. The smallest absolute Gasteiger partial charge is 0.336 e. The summed E-state index contributed by atoms with van der Waals surface area (Å²) in [6, 6.07) is 8.70. The predicted octanol–water partition coefficient (Wildman–Crippen LogP) is 3.30. The molecule has 0 aliphatic carbocycles. The third-order valence-corrected chi connectivity index (χ3v) is 3.33. The zero-order valence-corrected chi connectivity index (χ0v) is 11.8. The van der Waals surface area contributed by atoms with Crippen molar-refractivity contribution in [2.24, 2.45) is 0 Å². The Balaban J connectivity index is 2.29. The van der Waals surface area contributed by atoms with E-state index in [4.69, 9.17) is 16.7 Å². The van der Waals surface area contributed by atoms with Crippen molar-refractivity contribution in [3.8, 4) is 5.75 Å². The topological polar surface area (TPSA) is 86.6 Å². The second kappa shape index (κ2) is 5.85. The van der Waals surface area contributed by atoms with Crippen molar-refractivity contribution in [1.82, 2.24) is 0 Å². The largest absolute Gasteiger partial charge is 0.506 e. The molecule has 0 unspecified atom stereocenters. The molecule has 21 heavy (non-hydrogen) atoms. The number of anilines is 1. The minimum atomic E-state index is -1.06. The van der Waals surface area contributed by atoms with Crippen LogP contribution in [0.2, 0.25) is 5.02 Å². The number of phenols is 1.